The van der Waals surface area contributed by atoms with Gasteiger partial charge in [-0.15, -0.1) is 0 Å². The quantitative estimate of drug-likeness (QED) is 0.467. The molecule has 1 atom stereocenters. The van der Waals surface area contributed by atoms with Gasteiger partial charge in [-0.25, -0.2) is 0 Å². The third-order valence-electron chi connectivity index (χ3n) is 6.40. The smallest absolute Gasteiger partial charge is 0.282 e. The molecule has 0 radical (unpaired) electrons. The standard InChI is InChI=1S/C20H30ClN5O5S/c1-15(20(27)22-19-9-8-17(26(28)29)14-18(19)21)24-10-12-25(13-11-24)32(30,31)23(2)16-6-4-3-5-7-16/h8-9,14-16H,3-7,10-13H2,1-2H3,(H,22,27). The lowest BCUT2D eigenvalue weighted by Crippen LogP contribution is -2.57. The van der Waals surface area contributed by atoms with Crippen molar-refractivity contribution in [2.24, 2.45) is 0 Å². The maximum absolute atomic E-state index is 13.0. The third-order valence-corrected chi connectivity index (χ3v) is 8.76. The molecule has 1 unspecified atom stereocenters. The van der Waals surface area contributed by atoms with Crippen molar-refractivity contribution in [1.29, 1.82) is 0 Å². The molecule has 12 heteroatoms. The van der Waals surface area contributed by atoms with Gasteiger partial charge in [0.25, 0.3) is 15.9 Å². The van der Waals surface area contributed by atoms with Crippen LogP contribution in [0.3, 0.4) is 0 Å². The summed E-state index contributed by atoms with van der Waals surface area (Å²) in [4.78, 5) is 24.9. The maximum atomic E-state index is 13.0. The largest absolute Gasteiger partial charge is 0.323 e. The molecule has 0 aromatic heterocycles. The van der Waals surface area contributed by atoms with Gasteiger partial charge in [0.05, 0.1) is 21.7 Å². The van der Waals surface area contributed by atoms with Crippen LogP contribution >= 0.6 is 11.6 Å². The molecule has 0 bridgehead atoms. The van der Waals surface area contributed by atoms with E-state index in [1.165, 1.54) is 26.8 Å². The first kappa shape index (κ1) is 24.8. The number of hydrogen-bond donors (Lipinski definition) is 1. The number of piperazine rings is 1. The lowest BCUT2D eigenvalue weighted by atomic mass is 9.96. The number of nitrogens with zero attached hydrogens (tertiary/aromatic N) is 4. The van der Waals surface area contributed by atoms with Crippen molar-refractivity contribution in [2.45, 2.75) is 51.1 Å². The van der Waals surface area contributed by atoms with Crippen LogP contribution in [0.4, 0.5) is 11.4 Å². The second kappa shape index (κ2) is 10.4. The van der Waals surface area contributed by atoms with Crippen LogP contribution in [0, 0.1) is 10.1 Å². The number of hydrogen-bond acceptors (Lipinski definition) is 6. The summed E-state index contributed by atoms with van der Waals surface area (Å²) in [5.41, 5.74) is 0.140. The summed E-state index contributed by atoms with van der Waals surface area (Å²) in [7, 11) is -1.86. The minimum Gasteiger partial charge on any atom is -0.323 e. The first-order valence-corrected chi connectivity index (χ1v) is 12.6. The van der Waals surface area contributed by atoms with Crippen molar-refractivity contribution < 1.29 is 18.1 Å². The Bertz CT molecular complexity index is 946. The van der Waals surface area contributed by atoms with Crippen molar-refractivity contribution in [1.82, 2.24) is 13.5 Å². The lowest BCUT2D eigenvalue weighted by molar-refractivity contribution is -0.384. The normalized spacial score (nSPS) is 20.2. The second-order valence-corrected chi connectivity index (χ2v) is 10.7. The second-order valence-electron chi connectivity index (χ2n) is 8.34. The molecule has 32 heavy (non-hydrogen) atoms. The molecule has 2 fully saturated rings. The SMILES string of the molecule is CC(C(=O)Nc1ccc([N+](=O)[O-])cc1Cl)N1CCN(S(=O)(=O)N(C)C2CCCCC2)CC1. The maximum Gasteiger partial charge on any atom is 0.282 e. The topological polar surface area (TPSA) is 116 Å². The minimum absolute atomic E-state index is 0.0583. The molecule has 1 aliphatic carbocycles. The van der Waals surface area contributed by atoms with Crippen molar-refractivity contribution in [3.05, 3.63) is 33.3 Å². The number of amides is 1. The molecule has 1 heterocycles. The molecular formula is C20H30ClN5O5S. The number of rotatable bonds is 7. The zero-order valence-corrected chi connectivity index (χ0v) is 19.9. The van der Waals surface area contributed by atoms with E-state index in [-0.39, 0.29) is 22.7 Å². The number of carbonyl (C=O) groups is 1. The number of nitro benzene ring substituents is 1. The lowest BCUT2D eigenvalue weighted by Gasteiger charge is -2.40. The van der Waals surface area contributed by atoms with Gasteiger partial charge in [0.15, 0.2) is 0 Å². The molecule has 1 N–H and O–H groups in total. The summed E-state index contributed by atoms with van der Waals surface area (Å²) in [5.74, 6) is -0.309. The van der Waals surface area contributed by atoms with Crippen LogP contribution in [0.1, 0.15) is 39.0 Å². The van der Waals surface area contributed by atoms with E-state index < -0.39 is 21.2 Å². The fraction of sp³-hybridized carbons (Fsp3) is 0.650. The molecule has 3 rings (SSSR count). The van der Waals surface area contributed by atoms with E-state index in [0.717, 1.165) is 32.1 Å². The van der Waals surface area contributed by atoms with E-state index in [1.54, 1.807) is 14.0 Å². The van der Waals surface area contributed by atoms with Gasteiger partial charge in [-0.2, -0.15) is 17.0 Å². The molecule has 1 amide bonds. The average Bonchev–Trinajstić information content (AvgIpc) is 2.79. The number of nitro groups is 1. The number of carbonyl (C=O) groups excluding carboxylic acids is 1. The predicted molar refractivity (Wildman–Crippen MR) is 123 cm³/mol. The van der Waals surface area contributed by atoms with Gasteiger partial charge in [0, 0.05) is 51.4 Å². The van der Waals surface area contributed by atoms with Gasteiger partial charge in [-0.05, 0) is 25.8 Å². The van der Waals surface area contributed by atoms with Crippen molar-refractivity contribution >= 4 is 39.1 Å². The van der Waals surface area contributed by atoms with Crippen molar-refractivity contribution in [3.8, 4) is 0 Å². The van der Waals surface area contributed by atoms with Gasteiger partial charge in [-0.1, -0.05) is 30.9 Å². The number of non-ortho nitro benzene ring substituents is 1. The highest BCUT2D eigenvalue weighted by Gasteiger charge is 2.36. The summed E-state index contributed by atoms with van der Waals surface area (Å²) < 4.78 is 29.1. The number of nitrogens with one attached hydrogen (secondary N) is 1. The number of anilines is 1. The first-order chi connectivity index (χ1) is 15.1. The van der Waals surface area contributed by atoms with E-state index in [1.807, 2.05) is 4.90 Å². The molecule has 1 saturated carbocycles. The predicted octanol–water partition coefficient (Wildman–Crippen LogP) is 2.70. The molecular weight excluding hydrogens is 458 g/mol. The fourth-order valence-corrected chi connectivity index (χ4v) is 6.06. The molecule has 1 aromatic rings. The Balaban J connectivity index is 1.56. The Morgan fingerprint density at radius 2 is 1.84 bits per heavy atom. The Hall–Kier alpha value is -1.79. The van der Waals surface area contributed by atoms with Crippen LogP contribution in [0.2, 0.25) is 5.02 Å². The fourth-order valence-electron chi connectivity index (χ4n) is 4.26. The Labute approximate surface area is 193 Å². The monoisotopic (exact) mass is 487 g/mol. The van der Waals surface area contributed by atoms with Gasteiger partial charge in [0.1, 0.15) is 0 Å². The molecule has 2 aliphatic rings. The molecule has 1 aromatic carbocycles. The van der Waals surface area contributed by atoms with E-state index in [0.29, 0.717) is 31.9 Å². The summed E-state index contributed by atoms with van der Waals surface area (Å²) in [6, 6.07) is 3.41. The van der Waals surface area contributed by atoms with Crippen LogP contribution in [0.5, 0.6) is 0 Å². The van der Waals surface area contributed by atoms with Crippen LogP contribution in [-0.4, -0.2) is 78.1 Å². The first-order valence-electron chi connectivity index (χ1n) is 10.8. The zero-order valence-electron chi connectivity index (χ0n) is 18.4. The zero-order chi connectivity index (χ0) is 23.5. The third kappa shape index (κ3) is 5.57. The van der Waals surface area contributed by atoms with E-state index >= 15 is 0 Å². The number of halogens is 1. The van der Waals surface area contributed by atoms with Gasteiger partial charge in [-0.3, -0.25) is 19.8 Å². The highest BCUT2D eigenvalue weighted by atomic mass is 35.5. The summed E-state index contributed by atoms with van der Waals surface area (Å²) in [5, 5.41) is 13.6. The molecule has 0 spiro atoms. The van der Waals surface area contributed by atoms with Gasteiger partial charge >= 0.3 is 0 Å². The van der Waals surface area contributed by atoms with Crippen molar-refractivity contribution in [2.75, 3.05) is 38.5 Å². The average molecular weight is 488 g/mol. The summed E-state index contributed by atoms with van der Waals surface area (Å²) in [6.07, 6.45) is 5.08. The van der Waals surface area contributed by atoms with Crippen LogP contribution < -0.4 is 5.32 Å². The highest BCUT2D eigenvalue weighted by Crippen LogP contribution is 2.28. The number of benzene rings is 1. The Morgan fingerprint density at radius 1 is 1.22 bits per heavy atom. The van der Waals surface area contributed by atoms with Gasteiger partial charge in [0.2, 0.25) is 5.91 Å². The van der Waals surface area contributed by atoms with Crippen LogP contribution in [0.25, 0.3) is 0 Å². The van der Waals surface area contributed by atoms with Crippen LogP contribution in [0.15, 0.2) is 18.2 Å². The van der Waals surface area contributed by atoms with Crippen LogP contribution in [-0.2, 0) is 15.0 Å². The molecule has 178 valence electrons. The summed E-state index contributed by atoms with van der Waals surface area (Å²) >= 11 is 6.06. The minimum atomic E-state index is -3.53. The van der Waals surface area contributed by atoms with E-state index in [2.05, 4.69) is 5.32 Å². The molecule has 1 aliphatic heterocycles. The Kier molecular flexibility index (Phi) is 8.10. The van der Waals surface area contributed by atoms with E-state index in [9.17, 15) is 23.3 Å². The molecule has 1 saturated heterocycles. The van der Waals surface area contributed by atoms with E-state index in [4.69, 9.17) is 11.6 Å². The molecule has 10 nitrogen and oxygen atoms in total. The van der Waals surface area contributed by atoms with Gasteiger partial charge < -0.3 is 5.32 Å². The highest BCUT2D eigenvalue weighted by molar-refractivity contribution is 7.86. The Morgan fingerprint density at radius 3 is 2.41 bits per heavy atom. The summed E-state index contributed by atoms with van der Waals surface area (Å²) in [6.45, 7) is 3.23. The van der Waals surface area contributed by atoms with Crippen molar-refractivity contribution in [3.63, 3.8) is 0 Å².